The lowest BCUT2D eigenvalue weighted by atomic mass is 9.89. The van der Waals surface area contributed by atoms with Gasteiger partial charge in [-0.3, -0.25) is 9.69 Å². The van der Waals surface area contributed by atoms with Crippen LogP contribution in [0.1, 0.15) is 50.7 Å². The van der Waals surface area contributed by atoms with Gasteiger partial charge in [-0.2, -0.15) is 4.98 Å². The van der Waals surface area contributed by atoms with Crippen molar-refractivity contribution < 1.29 is 14.4 Å². The molecule has 19 heavy (non-hydrogen) atoms. The molecule has 2 bridgehead atoms. The SMILES string of the molecule is CC(C)c1nc(CN2C3CCC2C(C(=O)O)C3)no1. The highest BCUT2D eigenvalue weighted by atomic mass is 16.5. The van der Waals surface area contributed by atoms with E-state index in [9.17, 15) is 9.90 Å². The Morgan fingerprint density at radius 1 is 1.53 bits per heavy atom. The predicted molar refractivity (Wildman–Crippen MR) is 66.5 cm³/mol. The number of carboxylic acids is 1. The Balaban J connectivity index is 1.72. The fourth-order valence-electron chi connectivity index (χ4n) is 3.34. The molecule has 0 radical (unpaired) electrons. The van der Waals surface area contributed by atoms with E-state index in [-0.39, 0.29) is 17.9 Å². The zero-order chi connectivity index (χ0) is 13.6. The fraction of sp³-hybridized carbons (Fsp3) is 0.769. The number of hydrogen-bond acceptors (Lipinski definition) is 5. The van der Waals surface area contributed by atoms with Crippen LogP contribution in [0.2, 0.25) is 0 Å². The molecular formula is C13H19N3O3. The van der Waals surface area contributed by atoms with Gasteiger partial charge in [-0.15, -0.1) is 0 Å². The molecule has 2 saturated heterocycles. The highest BCUT2D eigenvalue weighted by molar-refractivity contribution is 5.71. The maximum absolute atomic E-state index is 11.2. The van der Waals surface area contributed by atoms with E-state index >= 15 is 0 Å². The van der Waals surface area contributed by atoms with Crippen LogP contribution in [0.25, 0.3) is 0 Å². The van der Waals surface area contributed by atoms with E-state index in [0.29, 0.717) is 24.3 Å². The van der Waals surface area contributed by atoms with Crippen LogP contribution in [-0.2, 0) is 11.3 Å². The van der Waals surface area contributed by atoms with Gasteiger partial charge in [0, 0.05) is 18.0 Å². The first-order chi connectivity index (χ1) is 9.06. The minimum absolute atomic E-state index is 0.142. The Kier molecular flexibility index (Phi) is 3.05. The Morgan fingerprint density at radius 3 is 2.89 bits per heavy atom. The molecule has 3 rings (SSSR count). The van der Waals surface area contributed by atoms with E-state index in [0.717, 1.165) is 19.3 Å². The van der Waals surface area contributed by atoms with Crippen molar-refractivity contribution in [2.24, 2.45) is 5.92 Å². The molecule has 6 nitrogen and oxygen atoms in total. The van der Waals surface area contributed by atoms with E-state index in [1.807, 2.05) is 13.8 Å². The van der Waals surface area contributed by atoms with Crippen LogP contribution in [0, 0.1) is 5.92 Å². The lowest BCUT2D eigenvalue weighted by Crippen LogP contribution is -2.32. The summed E-state index contributed by atoms with van der Waals surface area (Å²) in [5, 5.41) is 13.2. The van der Waals surface area contributed by atoms with Gasteiger partial charge in [0.05, 0.1) is 12.5 Å². The van der Waals surface area contributed by atoms with Crippen LogP contribution in [0.4, 0.5) is 0 Å². The fourth-order valence-corrected chi connectivity index (χ4v) is 3.34. The van der Waals surface area contributed by atoms with E-state index in [2.05, 4.69) is 15.0 Å². The highest BCUT2D eigenvalue weighted by Crippen LogP contribution is 2.42. The number of nitrogens with zero attached hydrogens (tertiary/aromatic N) is 3. The van der Waals surface area contributed by atoms with Gasteiger partial charge in [0.15, 0.2) is 5.82 Å². The van der Waals surface area contributed by atoms with E-state index in [4.69, 9.17) is 4.52 Å². The lowest BCUT2D eigenvalue weighted by Gasteiger charge is -2.20. The van der Waals surface area contributed by atoms with E-state index < -0.39 is 5.97 Å². The van der Waals surface area contributed by atoms with Crippen molar-refractivity contribution in [2.45, 2.75) is 57.7 Å². The summed E-state index contributed by atoms with van der Waals surface area (Å²) in [5.74, 6) is 0.648. The van der Waals surface area contributed by atoms with Crippen LogP contribution >= 0.6 is 0 Å². The third-order valence-corrected chi connectivity index (χ3v) is 4.30. The van der Waals surface area contributed by atoms with Crippen LogP contribution in [0.3, 0.4) is 0 Å². The van der Waals surface area contributed by atoms with Crippen molar-refractivity contribution in [3.8, 4) is 0 Å². The zero-order valence-corrected chi connectivity index (χ0v) is 11.2. The van der Waals surface area contributed by atoms with Crippen LogP contribution in [0.5, 0.6) is 0 Å². The molecule has 0 amide bonds. The number of aliphatic carboxylic acids is 1. The van der Waals surface area contributed by atoms with Crippen LogP contribution in [0.15, 0.2) is 4.52 Å². The molecule has 1 N–H and O–H groups in total. The number of carboxylic acid groups (broad SMARTS) is 1. The third-order valence-electron chi connectivity index (χ3n) is 4.30. The maximum atomic E-state index is 11.2. The molecule has 1 aromatic heterocycles. The van der Waals surface area contributed by atoms with Crippen molar-refractivity contribution in [3.05, 3.63) is 11.7 Å². The van der Waals surface area contributed by atoms with E-state index in [1.54, 1.807) is 0 Å². The second-order valence-corrected chi connectivity index (χ2v) is 5.85. The average Bonchev–Trinajstić information content (AvgIpc) is 3.05. The third kappa shape index (κ3) is 2.14. The van der Waals surface area contributed by atoms with Crippen molar-refractivity contribution >= 4 is 5.97 Å². The van der Waals surface area contributed by atoms with E-state index in [1.165, 1.54) is 0 Å². The summed E-state index contributed by atoms with van der Waals surface area (Å²) in [6, 6.07) is 0.510. The summed E-state index contributed by atoms with van der Waals surface area (Å²) in [6.07, 6.45) is 2.81. The number of aromatic nitrogens is 2. The molecule has 2 fully saturated rings. The molecule has 1 aromatic rings. The first kappa shape index (κ1) is 12.6. The van der Waals surface area contributed by atoms with Gasteiger partial charge in [-0.25, -0.2) is 0 Å². The summed E-state index contributed by atoms with van der Waals surface area (Å²) in [7, 11) is 0. The first-order valence-corrected chi connectivity index (χ1v) is 6.87. The standard InChI is InChI=1S/C13H19N3O3/c1-7(2)12-14-11(15-19-12)6-16-8-3-4-10(16)9(5-8)13(17)18/h7-10H,3-6H2,1-2H3,(H,17,18). The van der Waals surface area contributed by atoms with Gasteiger partial charge < -0.3 is 9.63 Å². The van der Waals surface area contributed by atoms with Gasteiger partial charge in [0.25, 0.3) is 0 Å². The molecule has 104 valence electrons. The molecule has 3 atom stereocenters. The maximum Gasteiger partial charge on any atom is 0.308 e. The first-order valence-electron chi connectivity index (χ1n) is 6.87. The Labute approximate surface area is 111 Å². The van der Waals surface area contributed by atoms with Crippen molar-refractivity contribution in [1.82, 2.24) is 15.0 Å². The predicted octanol–water partition coefficient (Wildman–Crippen LogP) is 1.63. The molecular weight excluding hydrogens is 246 g/mol. The second-order valence-electron chi connectivity index (χ2n) is 5.85. The summed E-state index contributed by atoms with van der Waals surface area (Å²) >= 11 is 0. The Hall–Kier alpha value is -1.43. The molecule has 0 saturated carbocycles. The minimum atomic E-state index is -0.673. The highest BCUT2D eigenvalue weighted by Gasteiger charge is 2.49. The van der Waals surface area contributed by atoms with Crippen molar-refractivity contribution in [2.75, 3.05) is 0 Å². The van der Waals surface area contributed by atoms with Gasteiger partial charge in [0.2, 0.25) is 5.89 Å². The summed E-state index contributed by atoms with van der Waals surface area (Å²) in [4.78, 5) is 17.8. The topological polar surface area (TPSA) is 79.5 Å². The number of fused-ring (bicyclic) bond motifs is 2. The summed E-state index contributed by atoms with van der Waals surface area (Å²) in [6.45, 7) is 4.63. The molecule has 3 unspecified atom stereocenters. The monoisotopic (exact) mass is 265 g/mol. The average molecular weight is 265 g/mol. The molecule has 0 aromatic carbocycles. The number of carbonyl (C=O) groups is 1. The Morgan fingerprint density at radius 2 is 2.32 bits per heavy atom. The quantitative estimate of drug-likeness (QED) is 0.891. The van der Waals surface area contributed by atoms with Crippen molar-refractivity contribution in [1.29, 1.82) is 0 Å². The van der Waals surface area contributed by atoms with Gasteiger partial charge in [-0.1, -0.05) is 19.0 Å². The Bertz CT molecular complexity index is 485. The largest absolute Gasteiger partial charge is 0.481 e. The molecule has 0 aliphatic carbocycles. The van der Waals surface area contributed by atoms with Crippen LogP contribution in [-0.4, -0.2) is 38.2 Å². The normalized spacial score (nSPS) is 30.4. The molecule has 0 spiro atoms. The minimum Gasteiger partial charge on any atom is -0.481 e. The van der Waals surface area contributed by atoms with Gasteiger partial charge in [0.1, 0.15) is 0 Å². The second kappa shape index (κ2) is 4.59. The summed E-state index contributed by atoms with van der Waals surface area (Å²) < 4.78 is 5.20. The van der Waals surface area contributed by atoms with Crippen LogP contribution < -0.4 is 0 Å². The zero-order valence-electron chi connectivity index (χ0n) is 11.2. The summed E-state index contributed by atoms with van der Waals surface area (Å²) in [5.41, 5.74) is 0. The molecule has 3 heterocycles. The molecule has 2 aliphatic rings. The lowest BCUT2D eigenvalue weighted by molar-refractivity contribution is -0.142. The smallest absolute Gasteiger partial charge is 0.308 e. The molecule has 2 aliphatic heterocycles. The number of hydrogen-bond donors (Lipinski definition) is 1. The van der Waals surface area contributed by atoms with Gasteiger partial charge >= 0.3 is 5.97 Å². The van der Waals surface area contributed by atoms with Gasteiger partial charge in [-0.05, 0) is 19.3 Å². The number of rotatable bonds is 4. The van der Waals surface area contributed by atoms with Crippen molar-refractivity contribution in [3.63, 3.8) is 0 Å². The molecule has 6 heteroatoms.